The Hall–Kier alpha value is -3.52. The fraction of sp³-hybridized carbons (Fsp3) is 0.143. The van der Waals surface area contributed by atoms with Gasteiger partial charge in [0.1, 0.15) is 17.4 Å². The first-order chi connectivity index (χ1) is 12.5. The van der Waals surface area contributed by atoms with E-state index in [0.29, 0.717) is 11.3 Å². The molecule has 2 heterocycles. The van der Waals surface area contributed by atoms with E-state index in [2.05, 4.69) is 6.07 Å². The molecule has 1 aromatic heterocycles. The first kappa shape index (κ1) is 16.0. The van der Waals surface area contributed by atoms with E-state index in [4.69, 9.17) is 10.5 Å². The summed E-state index contributed by atoms with van der Waals surface area (Å²) in [6.07, 6.45) is 0. The molecule has 0 radical (unpaired) electrons. The van der Waals surface area contributed by atoms with E-state index in [0.717, 1.165) is 22.0 Å². The molecule has 4 rings (SSSR count). The van der Waals surface area contributed by atoms with Gasteiger partial charge in [-0.15, -0.1) is 0 Å². The van der Waals surface area contributed by atoms with Crippen molar-refractivity contribution in [3.8, 4) is 11.8 Å². The molecule has 2 N–H and O–H groups in total. The number of allylic oxidation sites excluding steroid dienone is 1. The number of nitriles is 1. The number of aromatic nitrogens is 1. The number of pyridine rings is 1. The van der Waals surface area contributed by atoms with Gasteiger partial charge < -0.3 is 15.0 Å². The summed E-state index contributed by atoms with van der Waals surface area (Å²) in [5, 5.41) is 10.5. The second-order valence-electron chi connectivity index (χ2n) is 6.46. The van der Waals surface area contributed by atoms with Crippen LogP contribution in [-0.4, -0.2) is 4.57 Å². The molecule has 0 amide bonds. The van der Waals surface area contributed by atoms with E-state index >= 15 is 0 Å². The molecule has 0 bridgehead atoms. The van der Waals surface area contributed by atoms with Crippen molar-refractivity contribution in [1.82, 2.24) is 4.57 Å². The SMILES string of the molecule is Cc1cccc([C@H]2C(C#N)=C(N)Oc3c2c(=O)n(C)c2ccccc32)c1. The predicted molar refractivity (Wildman–Crippen MR) is 99.7 cm³/mol. The highest BCUT2D eigenvalue weighted by molar-refractivity contribution is 5.88. The van der Waals surface area contributed by atoms with Crippen LogP contribution < -0.4 is 16.0 Å². The number of fused-ring (bicyclic) bond motifs is 3. The Morgan fingerprint density at radius 3 is 2.69 bits per heavy atom. The summed E-state index contributed by atoms with van der Waals surface area (Å²) in [6, 6.07) is 17.4. The summed E-state index contributed by atoms with van der Waals surface area (Å²) in [6.45, 7) is 1.97. The van der Waals surface area contributed by atoms with Crippen LogP contribution in [0.2, 0.25) is 0 Å². The first-order valence-electron chi connectivity index (χ1n) is 8.28. The van der Waals surface area contributed by atoms with Crippen LogP contribution in [0.1, 0.15) is 22.6 Å². The summed E-state index contributed by atoms with van der Waals surface area (Å²) in [5.74, 6) is -0.0661. The fourth-order valence-electron chi connectivity index (χ4n) is 3.61. The summed E-state index contributed by atoms with van der Waals surface area (Å²) in [7, 11) is 1.73. The van der Waals surface area contributed by atoms with E-state index < -0.39 is 5.92 Å². The summed E-state index contributed by atoms with van der Waals surface area (Å²) in [5.41, 5.74) is 9.24. The van der Waals surface area contributed by atoms with Crippen molar-refractivity contribution in [3.05, 3.63) is 87.0 Å². The minimum atomic E-state index is -0.549. The molecule has 2 aromatic carbocycles. The van der Waals surface area contributed by atoms with Gasteiger partial charge in [0.15, 0.2) is 0 Å². The fourth-order valence-corrected chi connectivity index (χ4v) is 3.61. The Balaban J connectivity index is 2.14. The molecule has 1 atom stereocenters. The molecule has 0 saturated heterocycles. The molecular weight excluding hydrogens is 326 g/mol. The highest BCUT2D eigenvalue weighted by atomic mass is 16.5. The quantitative estimate of drug-likeness (QED) is 0.736. The standard InChI is InChI=1S/C21H17N3O2/c1-12-6-5-7-13(10-12)17-15(11-22)20(23)26-19-14-8-3-4-9-16(14)24(2)21(25)18(17)19/h3-10,17H,23H2,1-2H3/t17-/m0/s1. The van der Waals surface area contributed by atoms with Crippen LogP contribution in [0, 0.1) is 18.3 Å². The molecule has 0 spiro atoms. The van der Waals surface area contributed by atoms with Crippen molar-refractivity contribution >= 4 is 10.9 Å². The minimum Gasteiger partial charge on any atom is -0.439 e. The zero-order valence-corrected chi connectivity index (χ0v) is 14.5. The smallest absolute Gasteiger partial charge is 0.258 e. The van der Waals surface area contributed by atoms with E-state index in [9.17, 15) is 10.1 Å². The summed E-state index contributed by atoms with van der Waals surface area (Å²) in [4.78, 5) is 13.2. The first-order valence-corrected chi connectivity index (χ1v) is 8.28. The van der Waals surface area contributed by atoms with Crippen molar-refractivity contribution in [2.75, 3.05) is 0 Å². The number of hydrogen-bond donors (Lipinski definition) is 1. The Kier molecular flexibility index (Phi) is 3.55. The second kappa shape index (κ2) is 5.78. The van der Waals surface area contributed by atoms with E-state index in [-0.39, 0.29) is 17.0 Å². The minimum absolute atomic E-state index is 0.0462. The Labute approximate surface area is 150 Å². The maximum Gasteiger partial charge on any atom is 0.258 e. The number of ether oxygens (including phenoxy) is 1. The Morgan fingerprint density at radius 1 is 1.19 bits per heavy atom. The second-order valence-corrected chi connectivity index (χ2v) is 6.46. The number of nitrogens with two attached hydrogens (primary N) is 1. The third-order valence-corrected chi connectivity index (χ3v) is 4.84. The average Bonchev–Trinajstić information content (AvgIpc) is 2.65. The molecule has 0 unspecified atom stereocenters. The molecule has 5 heteroatoms. The Morgan fingerprint density at radius 2 is 1.96 bits per heavy atom. The summed E-state index contributed by atoms with van der Waals surface area (Å²) < 4.78 is 7.38. The highest BCUT2D eigenvalue weighted by Crippen LogP contribution is 2.43. The van der Waals surface area contributed by atoms with Gasteiger partial charge in [-0.2, -0.15) is 5.26 Å². The molecule has 0 aliphatic carbocycles. The van der Waals surface area contributed by atoms with Crippen LogP contribution in [0.4, 0.5) is 0 Å². The van der Waals surface area contributed by atoms with Crippen molar-refractivity contribution in [3.63, 3.8) is 0 Å². The van der Waals surface area contributed by atoms with Crippen molar-refractivity contribution in [2.24, 2.45) is 12.8 Å². The van der Waals surface area contributed by atoms with E-state index in [1.807, 2.05) is 55.5 Å². The predicted octanol–water partition coefficient (Wildman–Crippen LogP) is 3.07. The van der Waals surface area contributed by atoms with Gasteiger partial charge in [-0.05, 0) is 24.6 Å². The van der Waals surface area contributed by atoms with Gasteiger partial charge in [0, 0.05) is 12.4 Å². The van der Waals surface area contributed by atoms with Gasteiger partial charge in [0.25, 0.3) is 5.56 Å². The molecular formula is C21H17N3O2. The number of hydrogen-bond acceptors (Lipinski definition) is 4. The van der Waals surface area contributed by atoms with Gasteiger partial charge in [-0.1, -0.05) is 42.0 Å². The van der Waals surface area contributed by atoms with E-state index in [1.165, 1.54) is 0 Å². The summed E-state index contributed by atoms with van der Waals surface area (Å²) >= 11 is 0. The average molecular weight is 343 g/mol. The maximum atomic E-state index is 13.2. The molecule has 5 nitrogen and oxygen atoms in total. The van der Waals surface area contributed by atoms with Gasteiger partial charge >= 0.3 is 0 Å². The topological polar surface area (TPSA) is 81.0 Å². The Bertz CT molecular complexity index is 1180. The van der Waals surface area contributed by atoms with E-state index in [1.54, 1.807) is 11.6 Å². The lowest BCUT2D eigenvalue weighted by molar-refractivity contribution is 0.396. The van der Waals surface area contributed by atoms with Crippen molar-refractivity contribution in [2.45, 2.75) is 12.8 Å². The molecule has 0 fully saturated rings. The van der Waals surface area contributed by atoms with Crippen LogP contribution >= 0.6 is 0 Å². The van der Waals surface area contributed by atoms with Gasteiger partial charge in [0.05, 0.1) is 17.0 Å². The largest absolute Gasteiger partial charge is 0.439 e. The van der Waals surface area contributed by atoms with Crippen LogP contribution in [-0.2, 0) is 7.05 Å². The third kappa shape index (κ3) is 2.20. The van der Waals surface area contributed by atoms with Crippen molar-refractivity contribution in [1.29, 1.82) is 5.26 Å². The number of rotatable bonds is 1. The molecule has 1 aliphatic heterocycles. The highest BCUT2D eigenvalue weighted by Gasteiger charge is 2.35. The number of benzene rings is 2. The van der Waals surface area contributed by atoms with Gasteiger partial charge in [-0.25, -0.2) is 0 Å². The number of nitrogens with zero attached hydrogens (tertiary/aromatic N) is 2. The van der Waals surface area contributed by atoms with Gasteiger partial charge in [0.2, 0.25) is 5.88 Å². The maximum absolute atomic E-state index is 13.2. The molecule has 1 aliphatic rings. The molecule has 26 heavy (non-hydrogen) atoms. The zero-order chi connectivity index (χ0) is 18.4. The third-order valence-electron chi connectivity index (χ3n) is 4.84. The molecule has 0 saturated carbocycles. The number of para-hydroxylation sites is 1. The van der Waals surface area contributed by atoms with Crippen LogP contribution in [0.3, 0.4) is 0 Å². The molecule has 3 aromatic rings. The molecule has 128 valence electrons. The van der Waals surface area contributed by atoms with Gasteiger partial charge in [-0.3, -0.25) is 4.79 Å². The van der Waals surface area contributed by atoms with Crippen molar-refractivity contribution < 1.29 is 4.74 Å². The lowest BCUT2D eigenvalue weighted by Gasteiger charge is -2.27. The lowest BCUT2D eigenvalue weighted by atomic mass is 9.83. The lowest BCUT2D eigenvalue weighted by Crippen LogP contribution is -2.31. The van der Waals surface area contributed by atoms with Crippen LogP contribution in [0.25, 0.3) is 10.9 Å². The monoisotopic (exact) mass is 343 g/mol. The zero-order valence-electron chi connectivity index (χ0n) is 14.5. The number of aryl methyl sites for hydroxylation is 2. The van der Waals surface area contributed by atoms with Crippen LogP contribution in [0.15, 0.2) is 64.8 Å². The van der Waals surface area contributed by atoms with Crippen LogP contribution in [0.5, 0.6) is 5.75 Å². The normalized spacial score (nSPS) is 16.1.